The van der Waals surface area contributed by atoms with Crippen LogP contribution in [0.2, 0.25) is 0 Å². The van der Waals surface area contributed by atoms with Crippen LogP contribution in [-0.4, -0.2) is 37.6 Å². The standard InChI is InChI=1S/C16H34N2/c1-6-15(7-2)11-18(8-3)13-16(14(4)5)9-10-17-12-16/h14-15,17H,6-13H2,1-5H3. The van der Waals surface area contributed by atoms with E-state index < -0.39 is 0 Å². The second-order valence-electron chi connectivity index (χ2n) is 6.45. The molecule has 1 N–H and O–H groups in total. The molecule has 1 aliphatic heterocycles. The van der Waals surface area contributed by atoms with E-state index in [1.165, 1.54) is 52.0 Å². The predicted molar refractivity (Wildman–Crippen MR) is 80.9 cm³/mol. The highest BCUT2D eigenvalue weighted by molar-refractivity contribution is 4.92. The van der Waals surface area contributed by atoms with Crippen molar-refractivity contribution in [1.29, 1.82) is 0 Å². The number of hydrogen-bond acceptors (Lipinski definition) is 2. The van der Waals surface area contributed by atoms with E-state index in [0.717, 1.165) is 11.8 Å². The van der Waals surface area contributed by atoms with Crippen molar-refractivity contribution in [2.45, 2.75) is 53.9 Å². The number of hydrogen-bond donors (Lipinski definition) is 1. The molecule has 1 heterocycles. The van der Waals surface area contributed by atoms with Crippen molar-refractivity contribution in [3.05, 3.63) is 0 Å². The third kappa shape index (κ3) is 3.96. The monoisotopic (exact) mass is 254 g/mol. The fourth-order valence-corrected chi connectivity index (χ4v) is 3.24. The molecule has 0 aromatic rings. The summed E-state index contributed by atoms with van der Waals surface area (Å²) in [5.41, 5.74) is 0.516. The largest absolute Gasteiger partial charge is 0.316 e. The molecule has 1 saturated heterocycles. The van der Waals surface area contributed by atoms with Gasteiger partial charge in [0, 0.05) is 19.6 Å². The SMILES string of the molecule is CCC(CC)CN(CC)CC1(C(C)C)CCNC1. The number of nitrogens with zero attached hydrogens (tertiary/aromatic N) is 1. The second kappa shape index (κ2) is 7.49. The van der Waals surface area contributed by atoms with Crippen LogP contribution in [0.25, 0.3) is 0 Å². The second-order valence-corrected chi connectivity index (χ2v) is 6.45. The molecule has 0 saturated carbocycles. The first-order chi connectivity index (χ1) is 8.57. The first-order valence-electron chi connectivity index (χ1n) is 8.01. The van der Waals surface area contributed by atoms with Gasteiger partial charge in [0.05, 0.1) is 0 Å². The molecule has 18 heavy (non-hydrogen) atoms. The molecular formula is C16H34N2. The minimum atomic E-state index is 0.516. The zero-order chi connectivity index (χ0) is 13.6. The van der Waals surface area contributed by atoms with Crippen LogP contribution in [-0.2, 0) is 0 Å². The average molecular weight is 254 g/mol. The Hall–Kier alpha value is -0.0800. The highest BCUT2D eigenvalue weighted by Crippen LogP contribution is 2.35. The Kier molecular flexibility index (Phi) is 6.65. The fraction of sp³-hybridized carbons (Fsp3) is 1.00. The normalized spacial score (nSPS) is 24.7. The smallest absolute Gasteiger partial charge is 0.00531 e. The average Bonchev–Trinajstić information content (AvgIpc) is 2.84. The van der Waals surface area contributed by atoms with Gasteiger partial charge in [-0.15, -0.1) is 0 Å². The summed E-state index contributed by atoms with van der Waals surface area (Å²) in [7, 11) is 0. The van der Waals surface area contributed by atoms with Crippen LogP contribution in [0.15, 0.2) is 0 Å². The summed E-state index contributed by atoms with van der Waals surface area (Å²) in [6.45, 7) is 18.0. The van der Waals surface area contributed by atoms with E-state index in [-0.39, 0.29) is 0 Å². The molecule has 2 nitrogen and oxygen atoms in total. The highest BCUT2D eigenvalue weighted by Gasteiger charge is 2.38. The molecule has 0 bridgehead atoms. The molecule has 0 aliphatic carbocycles. The zero-order valence-corrected chi connectivity index (χ0v) is 13.3. The van der Waals surface area contributed by atoms with Gasteiger partial charge in [-0.05, 0) is 36.8 Å². The van der Waals surface area contributed by atoms with Gasteiger partial charge in [-0.1, -0.05) is 47.5 Å². The van der Waals surface area contributed by atoms with Crippen LogP contribution < -0.4 is 5.32 Å². The molecular weight excluding hydrogens is 220 g/mol. The summed E-state index contributed by atoms with van der Waals surface area (Å²) in [6.07, 6.45) is 3.99. The van der Waals surface area contributed by atoms with E-state index in [0.29, 0.717) is 5.41 Å². The molecule has 1 unspecified atom stereocenters. The topological polar surface area (TPSA) is 15.3 Å². The molecule has 2 heteroatoms. The lowest BCUT2D eigenvalue weighted by molar-refractivity contribution is 0.107. The van der Waals surface area contributed by atoms with Crippen molar-refractivity contribution in [2.24, 2.45) is 17.3 Å². The van der Waals surface area contributed by atoms with Gasteiger partial charge in [0.15, 0.2) is 0 Å². The van der Waals surface area contributed by atoms with E-state index in [9.17, 15) is 0 Å². The van der Waals surface area contributed by atoms with Crippen molar-refractivity contribution in [1.82, 2.24) is 10.2 Å². The van der Waals surface area contributed by atoms with E-state index >= 15 is 0 Å². The molecule has 0 aromatic heterocycles. The molecule has 0 aromatic carbocycles. The quantitative estimate of drug-likeness (QED) is 0.714. The van der Waals surface area contributed by atoms with Crippen molar-refractivity contribution < 1.29 is 0 Å². The lowest BCUT2D eigenvalue weighted by Crippen LogP contribution is -2.44. The molecule has 108 valence electrons. The minimum absolute atomic E-state index is 0.516. The highest BCUT2D eigenvalue weighted by atomic mass is 15.1. The summed E-state index contributed by atoms with van der Waals surface area (Å²) in [5.74, 6) is 1.66. The van der Waals surface area contributed by atoms with Gasteiger partial charge >= 0.3 is 0 Å². The molecule has 1 atom stereocenters. The first kappa shape index (κ1) is 16.0. The van der Waals surface area contributed by atoms with Crippen LogP contribution >= 0.6 is 0 Å². The van der Waals surface area contributed by atoms with Gasteiger partial charge in [-0.3, -0.25) is 0 Å². The van der Waals surface area contributed by atoms with Gasteiger partial charge in [0.25, 0.3) is 0 Å². The van der Waals surface area contributed by atoms with Gasteiger partial charge in [0.1, 0.15) is 0 Å². The van der Waals surface area contributed by atoms with Crippen LogP contribution in [0.5, 0.6) is 0 Å². The van der Waals surface area contributed by atoms with Crippen LogP contribution in [0.4, 0.5) is 0 Å². The van der Waals surface area contributed by atoms with Crippen molar-refractivity contribution >= 4 is 0 Å². The van der Waals surface area contributed by atoms with Crippen molar-refractivity contribution in [3.63, 3.8) is 0 Å². The third-order valence-electron chi connectivity index (χ3n) is 5.16. The summed E-state index contributed by atoms with van der Waals surface area (Å²) >= 11 is 0. The fourth-order valence-electron chi connectivity index (χ4n) is 3.24. The summed E-state index contributed by atoms with van der Waals surface area (Å²) in [5, 5.41) is 3.58. The Morgan fingerprint density at radius 1 is 1.17 bits per heavy atom. The molecule has 0 spiro atoms. The summed E-state index contributed by atoms with van der Waals surface area (Å²) in [6, 6.07) is 0. The van der Waals surface area contributed by atoms with Crippen LogP contribution in [0, 0.1) is 17.3 Å². The minimum Gasteiger partial charge on any atom is -0.316 e. The van der Waals surface area contributed by atoms with Crippen molar-refractivity contribution in [2.75, 3.05) is 32.7 Å². The summed E-state index contributed by atoms with van der Waals surface area (Å²) in [4.78, 5) is 2.70. The lowest BCUT2D eigenvalue weighted by Gasteiger charge is -2.39. The maximum atomic E-state index is 3.58. The Bertz CT molecular complexity index is 215. The Balaban J connectivity index is 2.60. The van der Waals surface area contributed by atoms with Crippen LogP contribution in [0.3, 0.4) is 0 Å². The van der Waals surface area contributed by atoms with E-state index in [4.69, 9.17) is 0 Å². The van der Waals surface area contributed by atoms with Gasteiger partial charge in [-0.25, -0.2) is 0 Å². The molecule has 0 amide bonds. The van der Waals surface area contributed by atoms with E-state index in [1.807, 2.05) is 0 Å². The summed E-state index contributed by atoms with van der Waals surface area (Å²) < 4.78 is 0. The third-order valence-corrected chi connectivity index (χ3v) is 5.16. The van der Waals surface area contributed by atoms with E-state index in [1.54, 1.807) is 0 Å². The maximum absolute atomic E-state index is 3.58. The zero-order valence-electron chi connectivity index (χ0n) is 13.3. The number of nitrogens with one attached hydrogen (secondary N) is 1. The van der Waals surface area contributed by atoms with Crippen LogP contribution in [0.1, 0.15) is 53.9 Å². The van der Waals surface area contributed by atoms with Gasteiger partial charge in [-0.2, -0.15) is 0 Å². The predicted octanol–water partition coefficient (Wildman–Crippen LogP) is 3.38. The van der Waals surface area contributed by atoms with Crippen molar-refractivity contribution in [3.8, 4) is 0 Å². The Morgan fingerprint density at radius 3 is 2.22 bits per heavy atom. The van der Waals surface area contributed by atoms with Gasteiger partial charge in [0.2, 0.25) is 0 Å². The maximum Gasteiger partial charge on any atom is 0.00531 e. The molecule has 1 aliphatic rings. The number of rotatable bonds is 8. The first-order valence-corrected chi connectivity index (χ1v) is 8.01. The van der Waals surface area contributed by atoms with Gasteiger partial charge < -0.3 is 10.2 Å². The molecule has 0 radical (unpaired) electrons. The molecule has 1 fully saturated rings. The Morgan fingerprint density at radius 2 is 1.83 bits per heavy atom. The Labute approximate surface area is 115 Å². The lowest BCUT2D eigenvalue weighted by atomic mass is 9.76. The molecule has 1 rings (SSSR count). The van der Waals surface area contributed by atoms with E-state index in [2.05, 4.69) is 44.8 Å².